The van der Waals surface area contributed by atoms with Gasteiger partial charge in [0.25, 0.3) is 0 Å². The minimum Gasteiger partial charge on any atom is -0.377 e. The van der Waals surface area contributed by atoms with Gasteiger partial charge in [-0.1, -0.05) is 11.1 Å². The Balaban J connectivity index is 2.80. The van der Waals surface area contributed by atoms with Crippen LogP contribution in [0, 0.1) is 20.8 Å². The first-order chi connectivity index (χ1) is 26.7. The zero-order valence-electron chi connectivity index (χ0n) is 41.3. The molecule has 0 saturated carbocycles. The molecule has 0 aliphatic heterocycles. The third-order valence-electron chi connectivity index (χ3n) is 12.9. The van der Waals surface area contributed by atoms with Crippen LogP contribution >= 0.6 is 0 Å². The fraction of sp³-hybridized carbons (Fsp3) is 0.542. The van der Waals surface area contributed by atoms with Gasteiger partial charge in [-0.15, -0.1) is 0 Å². The third-order valence-corrected chi connectivity index (χ3v) is 18.4. The summed E-state index contributed by atoms with van der Waals surface area (Å²) in [6, 6.07) is 7.84. The number of anilines is 9. The smallest absolute Gasteiger partial charge is 0.167 e. The second kappa shape index (κ2) is 16.7. The lowest BCUT2D eigenvalue weighted by Crippen LogP contribution is -2.72. The van der Waals surface area contributed by atoms with E-state index in [1.165, 1.54) is 106 Å². The van der Waals surface area contributed by atoms with Gasteiger partial charge in [0.2, 0.25) is 0 Å². The molecule has 1 aliphatic rings. The first-order valence-corrected chi connectivity index (χ1v) is 22.7. The van der Waals surface area contributed by atoms with Crippen molar-refractivity contribution in [2.24, 2.45) is 0 Å². The first kappa shape index (κ1) is 46.2. The molecule has 58 heavy (non-hydrogen) atoms. The van der Waals surface area contributed by atoms with Gasteiger partial charge >= 0.3 is 0 Å². The van der Waals surface area contributed by atoms with Crippen LogP contribution in [0.2, 0.25) is 5.54 Å². The molecule has 0 heterocycles. The summed E-state index contributed by atoms with van der Waals surface area (Å²) in [5.41, 5.74) is 21.1. The molecule has 10 heteroatoms. The predicted molar refractivity (Wildman–Crippen MR) is 268 cm³/mol. The van der Waals surface area contributed by atoms with Crippen LogP contribution in [-0.2, 0) is 0 Å². The monoisotopic (exact) mass is 810 g/mol. The summed E-state index contributed by atoms with van der Waals surface area (Å²) < 4.78 is 0. The average molecular weight is 810 g/mol. The molecule has 0 bridgehead atoms. The van der Waals surface area contributed by atoms with E-state index < -0.39 is 8.07 Å². The van der Waals surface area contributed by atoms with Crippen LogP contribution in [0.4, 0.5) is 51.2 Å². The highest BCUT2D eigenvalue weighted by molar-refractivity contribution is 7.15. The molecule has 4 rings (SSSR count). The molecule has 1 aliphatic carbocycles. The maximum absolute atomic E-state index is 3.46. The SMILES string of the molecule is CC1=C(C)C([Si](c2cc(N(C)C)c(C)c(N(C)C)c2N(C)C)(c2cc(N(C)C)c(C)c(N(C)C)c2N(C)C)c2cc(N(C)C)c(C)c(N(C)C)c2N(C)C)C(C)=C1C. The van der Waals surface area contributed by atoms with Gasteiger partial charge in [-0.2, -0.15) is 0 Å². The van der Waals surface area contributed by atoms with E-state index in [0.29, 0.717) is 0 Å². The van der Waals surface area contributed by atoms with Crippen LogP contribution in [-0.4, -0.2) is 135 Å². The Morgan fingerprint density at radius 3 is 0.690 bits per heavy atom. The number of benzene rings is 3. The predicted octanol–water partition coefficient (Wildman–Crippen LogP) is 6.73. The zero-order chi connectivity index (χ0) is 44.4. The van der Waals surface area contributed by atoms with Crippen LogP contribution in [0.1, 0.15) is 44.4 Å². The quantitative estimate of drug-likeness (QED) is 0.138. The van der Waals surface area contributed by atoms with Gasteiger partial charge < -0.3 is 44.1 Å². The van der Waals surface area contributed by atoms with Crippen molar-refractivity contribution >= 4 is 74.8 Å². The highest BCUT2D eigenvalue weighted by Gasteiger charge is 2.56. The molecule has 0 aromatic heterocycles. The van der Waals surface area contributed by atoms with E-state index in [9.17, 15) is 0 Å². The van der Waals surface area contributed by atoms with Crippen molar-refractivity contribution in [1.29, 1.82) is 0 Å². The number of allylic oxidation sites excluding steroid dienone is 4. The molecule has 0 saturated heterocycles. The van der Waals surface area contributed by atoms with Crippen LogP contribution in [0.3, 0.4) is 0 Å². The summed E-state index contributed by atoms with van der Waals surface area (Å²) in [6.07, 6.45) is 0. The summed E-state index contributed by atoms with van der Waals surface area (Å²) in [5, 5.41) is 4.26. The Morgan fingerprint density at radius 2 is 0.517 bits per heavy atom. The summed E-state index contributed by atoms with van der Waals surface area (Å²) >= 11 is 0. The topological polar surface area (TPSA) is 29.2 Å². The molecule has 0 N–H and O–H groups in total. The number of hydrogen-bond donors (Lipinski definition) is 0. The summed E-state index contributed by atoms with van der Waals surface area (Å²) in [4.78, 5) is 21.3. The average Bonchev–Trinajstić information content (AvgIpc) is 3.29. The minimum atomic E-state index is -3.46. The highest BCUT2D eigenvalue weighted by atomic mass is 28.3. The van der Waals surface area contributed by atoms with Crippen molar-refractivity contribution in [1.82, 2.24) is 0 Å². The summed E-state index contributed by atoms with van der Waals surface area (Å²) in [6.45, 7) is 16.5. The van der Waals surface area contributed by atoms with E-state index >= 15 is 0 Å². The molecule has 3 aromatic rings. The van der Waals surface area contributed by atoms with Crippen molar-refractivity contribution in [3.05, 3.63) is 57.2 Å². The van der Waals surface area contributed by atoms with Gasteiger partial charge in [0.15, 0.2) is 8.07 Å². The molecule has 0 unspecified atom stereocenters. The molecular weight excluding hydrogens is 731 g/mol. The van der Waals surface area contributed by atoms with E-state index in [-0.39, 0.29) is 5.54 Å². The third kappa shape index (κ3) is 7.17. The molecule has 0 spiro atoms. The summed E-state index contributed by atoms with van der Waals surface area (Å²) in [5.74, 6) is 0. The lowest BCUT2D eigenvalue weighted by Gasteiger charge is -2.48. The van der Waals surface area contributed by atoms with Gasteiger partial charge in [0.1, 0.15) is 0 Å². The van der Waals surface area contributed by atoms with Crippen molar-refractivity contribution < 1.29 is 0 Å². The minimum absolute atomic E-state index is 0.108. The lowest BCUT2D eigenvalue weighted by atomic mass is 10.1. The van der Waals surface area contributed by atoms with Gasteiger partial charge in [-0.05, 0) is 110 Å². The van der Waals surface area contributed by atoms with Crippen LogP contribution < -0.4 is 59.7 Å². The summed E-state index contributed by atoms with van der Waals surface area (Å²) in [7, 11) is 36.7. The van der Waals surface area contributed by atoms with Crippen molar-refractivity contribution in [2.45, 2.75) is 54.0 Å². The molecule has 0 atom stereocenters. The second-order valence-corrected chi connectivity index (χ2v) is 22.5. The van der Waals surface area contributed by atoms with Gasteiger partial charge in [-0.25, -0.2) is 0 Å². The maximum Gasteiger partial charge on any atom is 0.167 e. The molecule has 0 radical (unpaired) electrons. The van der Waals surface area contributed by atoms with E-state index in [0.717, 1.165) is 0 Å². The maximum atomic E-state index is 2.61. The Kier molecular flexibility index (Phi) is 13.3. The van der Waals surface area contributed by atoms with Crippen molar-refractivity contribution in [3.63, 3.8) is 0 Å². The normalized spacial score (nSPS) is 13.4. The number of rotatable bonds is 13. The van der Waals surface area contributed by atoms with Gasteiger partial charge in [0, 0.05) is 149 Å². The molecule has 0 amide bonds. The van der Waals surface area contributed by atoms with E-state index in [4.69, 9.17) is 0 Å². The van der Waals surface area contributed by atoms with Gasteiger partial charge in [-0.3, -0.25) is 0 Å². The Hall–Kier alpha value is -4.44. The van der Waals surface area contributed by atoms with Crippen LogP contribution in [0.25, 0.3) is 0 Å². The zero-order valence-corrected chi connectivity index (χ0v) is 42.3. The second-order valence-electron chi connectivity index (χ2n) is 18.7. The lowest BCUT2D eigenvalue weighted by molar-refractivity contribution is 1.03. The Morgan fingerprint density at radius 1 is 0.310 bits per heavy atom. The first-order valence-electron chi connectivity index (χ1n) is 20.7. The fourth-order valence-electron chi connectivity index (χ4n) is 10.4. The number of nitrogens with zero attached hydrogens (tertiary/aromatic N) is 9. The molecule has 3 aromatic carbocycles. The molecular formula is C48H79N9Si. The fourth-order valence-corrected chi connectivity index (χ4v) is 17.2. The highest BCUT2D eigenvalue weighted by Crippen LogP contribution is 2.52. The molecule has 9 nitrogen and oxygen atoms in total. The largest absolute Gasteiger partial charge is 0.377 e. The van der Waals surface area contributed by atoms with E-state index in [2.05, 4.69) is 238 Å². The van der Waals surface area contributed by atoms with Gasteiger partial charge in [0.05, 0.1) is 34.1 Å². The molecule has 320 valence electrons. The Bertz CT molecular complexity index is 1900. The van der Waals surface area contributed by atoms with E-state index in [1.807, 2.05) is 0 Å². The number of hydrogen-bond acceptors (Lipinski definition) is 9. The Labute approximate surface area is 355 Å². The van der Waals surface area contributed by atoms with Crippen molar-refractivity contribution in [2.75, 3.05) is 171 Å². The standard InChI is InChI=1S/C48H79N9Si/c1-29-30(2)32(4)48(31(29)3)58(39-26-36(49(8)9)33(5)42(52(14)15)45(39)55(20)21,40-27-37(50(10)11)34(6)43(53(16)17)46(40)56(22)23)41-28-38(51(12)13)35(7)44(54(18)19)47(41)57(24)25/h26-28,48H,1-25H3. The van der Waals surface area contributed by atoms with Crippen LogP contribution in [0.15, 0.2) is 40.5 Å². The van der Waals surface area contributed by atoms with Crippen molar-refractivity contribution in [3.8, 4) is 0 Å². The molecule has 0 fully saturated rings. The van der Waals surface area contributed by atoms with E-state index in [1.54, 1.807) is 0 Å². The van der Waals surface area contributed by atoms with Crippen LogP contribution in [0.5, 0.6) is 0 Å².